The lowest BCUT2D eigenvalue weighted by molar-refractivity contribution is -0.385. The third kappa shape index (κ3) is 3.63. The minimum atomic E-state index is -0.470. The van der Waals surface area contributed by atoms with Crippen LogP contribution in [0.2, 0.25) is 0 Å². The number of nitro benzene ring substituents is 1. The third-order valence-corrected chi connectivity index (χ3v) is 4.61. The number of nitrogens with zero attached hydrogens (tertiary/aromatic N) is 2. The molecule has 2 fully saturated rings. The molecule has 2 aliphatic carbocycles. The molecule has 1 aromatic rings. The molecule has 3 rings (SSSR count). The van der Waals surface area contributed by atoms with E-state index in [1.807, 2.05) is 4.90 Å². The summed E-state index contributed by atoms with van der Waals surface area (Å²) in [6.07, 6.45) is 6.59. The highest BCUT2D eigenvalue weighted by Gasteiger charge is 2.38. The molecule has 0 N–H and O–H groups in total. The van der Waals surface area contributed by atoms with Crippen LogP contribution >= 0.6 is 0 Å². The van der Waals surface area contributed by atoms with E-state index in [1.54, 1.807) is 19.1 Å². The van der Waals surface area contributed by atoms with Crippen LogP contribution in [0.25, 0.3) is 0 Å². The normalized spacial score (nSPS) is 18.0. The minimum absolute atomic E-state index is 0.0470. The van der Waals surface area contributed by atoms with E-state index in [1.165, 1.54) is 18.9 Å². The molecule has 0 saturated heterocycles. The molecule has 2 saturated carbocycles. The van der Waals surface area contributed by atoms with Crippen molar-refractivity contribution < 1.29 is 14.5 Å². The summed E-state index contributed by atoms with van der Waals surface area (Å²) < 4.78 is 5.50. The molecule has 0 bridgehead atoms. The molecule has 2 aliphatic rings. The van der Waals surface area contributed by atoms with Crippen molar-refractivity contribution in [2.45, 2.75) is 57.5 Å². The Bertz CT molecular complexity index is 607. The fourth-order valence-electron chi connectivity index (χ4n) is 3.35. The molecule has 0 heterocycles. The average Bonchev–Trinajstić information content (AvgIpc) is 3.20. The summed E-state index contributed by atoms with van der Waals surface area (Å²) in [6.45, 7) is 1.66. The maximum absolute atomic E-state index is 12.6. The molecule has 0 radical (unpaired) electrons. The second-order valence-corrected chi connectivity index (χ2v) is 6.49. The Morgan fingerprint density at radius 1 is 1.26 bits per heavy atom. The van der Waals surface area contributed by atoms with Gasteiger partial charge in [-0.3, -0.25) is 14.9 Å². The van der Waals surface area contributed by atoms with Gasteiger partial charge < -0.3 is 9.64 Å². The maximum Gasteiger partial charge on any atom is 0.311 e. The number of amides is 1. The molecule has 1 amide bonds. The molecule has 0 aromatic heterocycles. The summed E-state index contributed by atoms with van der Waals surface area (Å²) in [4.78, 5) is 25.2. The molecule has 1 aromatic carbocycles. The molecule has 23 heavy (non-hydrogen) atoms. The number of rotatable bonds is 6. The molecule has 6 nitrogen and oxygen atoms in total. The summed E-state index contributed by atoms with van der Waals surface area (Å²) >= 11 is 0. The summed E-state index contributed by atoms with van der Waals surface area (Å²) in [5.74, 6) is 0.116. The fourth-order valence-corrected chi connectivity index (χ4v) is 3.35. The quantitative estimate of drug-likeness (QED) is 0.596. The second kappa shape index (κ2) is 6.56. The number of carbonyl (C=O) groups is 1. The molecular formula is C17H22N2O4. The molecule has 0 unspecified atom stereocenters. The van der Waals surface area contributed by atoms with Gasteiger partial charge in [-0.05, 0) is 44.2 Å². The predicted octanol–water partition coefficient (Wildman–Crippen LogP) is 3.22. The van der Waals surface area contributed by atoms with Crippen LogP contribution in [0.15, 0.2) is 18.2 Å². The van der Waals surface area contributed by atoms with Gasteiger partial charge in [0, 0.05) is 18.2 Å². The third-order valence-electron chi connectivity index (χ3n) is 4.61. The maximum atomic E-state index is 12.6. The van der Waals surface area contributed by atoms with E-state index in [0.717, 1.165) is 31.2 Å². The van der Waals surface area contributed by atoms with Gasteiger partial charge in [0.2, 0.25) is 0 Å². The van der Waals surface area contributed by atoms with Gasteiger partial charge >= 0.3 is 5.69 Å². The van der Waals surface area contributed by atoms with Crippen molar-refractivity contribution >= 4 is 11.6 Å². The van der Waals surface area contributed by atoms with Gasteiger partial charge in [0.05, 0.1) is 4.92 Å². The molecule has 0 aliphatic heterocycles. The summed E-state index contributed by atoms with van der Waals surface area (Å²) in [5, 5.41) is 11.1. The number of hydrogen-bond acceptors (Lipinski definition) is 4. The van der Waals surface area contributed by atoms with Crippen LogP contribution in [-0.2, 0) is 4.79 Å². The van der Waals surface area contributed by atoms with Crippen molar-refractivity contribution in [1.29, 1.82) is 0 Å². The summed E-state index contributed by atoms with van der Waals surface area (Å²) in [5.41, 5.74) is 0.706. The molecular weight excluding hydrogens is 296 g/mol. The Labute approximate surface area is 135 Å². The molecule has 0 atom stereocenters. The van der Waals surface area contributed by atoms with Gasteiger partial charge in [0.1, 0.15) is 0 Å². The summed E-state index contributed by atoms with van der Waals surface area (Å²) in [6, 6.07) is 5.46. The average molecular weight is 318 g/mol. The topological polar surface area (TPSA) is 72.7 Å². The highest BCUT2D eigenvalue weighted by Crippen LogP contribution is 2.35. The van der Waals surface area contributed by atoms with Gasteiger partial charge in [-0.25, -0.2) is 0 Å². The zero-order chi connectivity index (χ0) is 16.4. The first kappa shape index (κ1) is 15.8. The monoisotopic (exact) mass is 318 g/mol. The van der Waals surface area contributed by atoms with Crippen molar-refractivity contribution in [3.8, 4) is 5.75 Å². The lowest BCUT2D eigenvalue weighted by Gasteiger charge is -2.29. The van der Waals surface area contributed by atoms with Crippen molar-refractivity contribution in [2.75, 3.05) is 6.61 Å². The van der Waals surface area contributed by atoms with Crippen LogP contribution in [0.5, 0.6) is 5.75 Å². The Balaban J connectivity index is 1.67. The van der Waals surface area contributed by atoms with Crippen LogP contribution < -0.4 is 4.74 Å². The Morgan fingerprint density at radius 2 is 1.91 bits per heavy atom. The van der Waals surface area contributed by atoms with Crippen molar-refractivity contribution in [2.24, 2.45) is 0 Å². The molecule has 124 valence electrons. The van der Waals surface area contributed by atoms with E-state index >= 15 is 0 Å². The highest BCUT2D eigenvalue weighted by atomic mass is 16.6. The lowest BCUT2D eigenvalue weighted by atomic mass is 10.2. The van der Waals surface area contributed by atoms with Crippen LogP contribution in [0, 0.1) is 17.0 Å². The Morgan fingerprint density at radius 3 is 2.52 bits per heavy atom. The summed E-state index contributed by atoms with van der Waals surface area (Å²) in [7, 11) is 0. The van der Waals surface area contributed by atoms with Crippen LogP contribution in [0.1, 0.15) is 44.1 Å². The van der Waals surface area contributed by atoms with Gasteiger partial charge in [0.15, 0.2) is 12.4 Å². The number of nitro groups is 1. The number of ether oxygens (including phenoxy) is 1. The largest absolute Gasteiger partial charge is 0.477 e. The first-order valence-corrected chi connectivity index (χ1v) is 8.25. The number of benzene rings is 1. The van der Waals surface area contributed by atoms with Gasteiger partial charge in [0.25, 0.3) is 5.91 Å². The predicted molar refractivity (Wildman–Crippen MR) is 85.5 cm³/mol. The van der Waals surface area contributed by atoms with E-state index in [4.69, 9.17) is 4.74 Å². The fraction of sp³-hybridized carbons (Fsp3) is 0.588. The zero-order valence-electron chi connectivity index (χ0n) is 13.4. The van der Waals surface area contributed by atoms with Crippen LogP contribution in [-0.4, -0.2) is 34.4 Å². The number of hydrogen-bond donors (Lipinski definition) is 0. The standard InChI is InChI=1S/C17H22N2O4/c1-12-6-9-16(15(10-12)19(21)22)23-11-17(20)18(14-7-8-14)13-4-2-3-5-13/h6,9-10,13-14H,2-5,7-8,11H2,1H3. The number of aryl methyl sites for hydroxylation is 1. The van der Waals surface area contributed by atoms with Crippen molar-refractivity contribution in [3.05, 3.63) is 33.9 Å². The Kier molecular flexibility index (Phi) is 4.50. The van der Waals surface area contributed by atoms with E-state index in [-0.39, 0.29) is 24.0 Å². The minimum Gasteiger partial charge on any atom is -0.477 e. The first-order chi connectivity index (χ1) is 11.1. The van der Waals surface area contributed by atoms with E-state index in [0.29, 0.717) is 12.1 Å². The van der Waals surface area contributed by atoms with E-state index in [2.05, 4.69) is 0 Å². The molecule has 0 spiro atoms. The van der Waals surface area contributed by atoms with Gasteiger partial charge in [-0.15, -0.1) is 0 Å². The van der Waals surface area contributed by atoms with E-state index in [9.17, 15) is 14.9 Å². The molecule has 6 heteroatoms. The lowest BCUT2D eigenvalue weighted by Crippen LogP contribution is -2.43. The Hall–Kier alpha value is -2.11. The van der Waals surface area contributed by atoms with Crippen molar-refractivity contribution in [1.82, 2.24) is 4.90 Å². The van der Waals surface area contributed by atoms with Gasteiger partial charge in [-0.1, -0.05) is 18.9 Å². The highest BCUT2D eigenvalue weighted by molar-refractivity contribution is 5.79. The zero-order valence-corrected chi connectivity index (χ0v) is 13.4. The SMILES string of the molecule is Cc1ccc(OCC(=O)N(C2CCCC2)C2CC2)c([N+](=O)[O-])c1. The number of carbonyl (C=O) groups excluding carboxylic acids is 1. The first-order valence-electron chi connectivity index (χ1n) is 8.25. The van der Waals surface area contributed by atoms with Crippen molar-refractivity contribution in [3.63, 3.8) is 0 Å². The second-order valence-electron chi connectivity index (χ2n) is 6.49. The van der Waals surface area contributed by atoms with E-state index < -0.39 is 4.92 Å². The smallest absolute Gasteiger partial charge is 0.311 e. The van der Waals surface area contributed by atoms with Crippen LogP contribution in [0.4, 0.5) is 5.69 Å². The van der Waals surface area contributed by atoms with Crippen LogP contribution in [0.3, 0.4) is 0 Å². The van der Waals surface area contributed by atoms with Gasteiger partial charge in [-0.2, -0.15) is 0 Å².